The zero-order chi connectivity index (χ0) is 24.9. The number of carbonyl (C=O) groups excluding carboxylic acids is 2. The van der Waals surface area contributed by atoms with Crippen molar-refractivity contribution in [1.29, 1.82) is 0 Å². The van der Waals surface area contributed by atoms with Gasteiger partial charge in [0.1, 0.15) is 24.7 Å². The molecule has 4 aromatic carbocycles. The van der Waals surface area contributed by atoms with E-state index in [1.165, 1.54) is 10.3 Å². The van der Waals surface area contributed by atoms with E-state index in [4.69, 9.17) is 9.47 Å². The van der Waals surface area contributed by atoms with Gasteiger partial charge < -0.3 is 9.47 Å². The monoisotopic (exact) mass is 495 g/mol. The normalized spacial score (nSPS) is 14.6. The lowest BCUT2D eigenvalue weighted by Gasteiger charge is -2.13. The molecule has 1 aliphatic rings. The minimum Gasteiger partial charge on any atom is -0.492 e. The Morgan fingerprint density at radius 2 is 1.64 bits per heavy atom. The van der Waals surface area contributed by atoms with Crippen molar-refractivity contribution in [2.45, 2.75) is 13.5 Å². The number of imide groups is 1. The first-order valence-corrected chi connectivity index (χ1v) is 12.5. The largest absolute Gasteiger partial charge is 0.492 e. The first-order valence-electron chi connectivity index (χ1n) is 11.7. The van der Waals surface area contributed by atoms with Crippen molar-refractivity contribution < 1.29 is 19.1 Å². The minimum atomic E-state index is -0.317. The maximum atomic E-state index is 13.0. The maximum absolute atomic E-state index is 13.0. The van der Waals surface area contributed by atoms with Crippen molar-refractivity contribution in [3.05, 3.63) is 113 Å². The molecule has 0 aliphatic carbocycles. The summed E-state index contributed by atoms with van der Waals surface area (Å²) in [5.41, 5.74) is 2.89. The van der Waals surface area contributed by atoms with Gasteiger partial charge in [-0.25, -0.2) is 0 Å². The molecule has 0 saturated carbocycles. The van der Waals surface area contributed by atoms with Crippen LogP contribution >= 0.6 is 11.8 Å². The van der Waals surface area contributed by atoms with Gasteiger partial charge in [0.25, 0.3) is 11.1 Å². The molecule has 36 heavy (non-hydrogen) atoms. The van der Waals surface area contributed by atoms with Crippen molar-refractivity contribution in [1.82, 2.24) is 4.90 Å². The summed E-state index contributed by atoms with van der Waals surface area (Å²) >= 11 is 0.937. The average molecular weight is 496 g/mol. The molecule has 0 radical (unpaired) electrons. The average Bonchev–Trinajstić information content (AvgIpc) is 3.15. The van der Waals surface area contributed by atoms with Crippen molar-refractivity contribution >= 4 is 39.8 Å². The van der Waals surface area contributed by atoms with Gasteiger partial charge in [-0.3, -0.25) is 14.5 Å². The van der Waals surface area contributed by atoms with Crippen molar-refractivity contribution in [3.8, 4) is 11.5 Å². The highest BCUT2D eigenvalue weighted by Gasteiger charge is 2.35. The zero-order valence-electron chi connectivity index (χ0n) is 19.8. The van der Waals surface area contributed by atoms with Crippen molar-refractivity contribution in [2.24, 2.45) is 0 Å². The highest BCUT2D eigenvalue weighted by molar-refractivity contribution is 8.18. The quantitative estimate of drug-likeness (QED) is 0.251. The van der Waals surface area contributed by atoms with Crippen LogP contribution in [-0.2, 0) is 11.4 Å². The molecule has 0 atom stereocenters. The molecule has 6 heteroatoms. The van der Waals surface area contributed by atoms with Gasteiger partial charge >= 0.3 is 0 Å². The third kappa shape index (κ3) is 5.44. The number of fused-ring (bicyclic) bond motifs is 1. The molecule has 5 nitrogen and oxygen atoms in total. The molecule has 1 heterocycles. The lowest BCUT2D eigenvalue weighted by atomic mass is 10.1. The van der Waals surface area contributed by atoms with E-state index in [1.807, 2.05) is 67.6 Å². The molecule has 0 spiro atoms. The van der Waals surface area contributed by atoms with Gasteiger partial charge in [-0.15, -0.1) is 0 Å². The van der Waals surface area contributed by atoms with Crippen LogP contribution in [0.5, 0.6) is 11.5 Å². The van der Waals surface area contributed by atoms with Crippen LogP contribution in [0, 0.1) is 6.92 Å². The predicted molar refractivity (Wildman–Crippen MR) is 144 cm³/mol. The van der Waals surface area contributed by atoms with E-state index in [1.54, 1.807) is 6.08 Å². The molecule has 1 saturated heterocycles. The first-order chi connectivity index (χ1) is 17.6. The minimum absolute atomic E-state index is 0.191. The summed E-state index contributed by atoms with van der Waals surface area (Å²) in [6, 6.07) is 29.6. The summed E-state index contributed by atoms with van der Waals surface area (Å²) in [6.07, 6.45) is 1.72. The van der Waals surface area contributed by atoms with Crippen LogP contribution < -0.4 is 9.47 Å². The number of hydrogen-bond donors (Lipinski definition) is 0. The predicted octanol–water partition coefficient (Wildman–Crippen LogP) is 6.84. The number of rotatable bonds is 8. The van der Waals surface area contributed by atoms with E-state index in [0.717, 1.165) is 39.6 Å². The molecular weight excluding hydrogens is 470 g/mol. The number of aryl methyl sites for hydroxylation is 1. The Bertz CT molecular complexity index is 1460. The molecule has 0 bridgehead atoms. The van der Waals surface area contributed by atoms with Crippen LogP contribution in [0.4, 0.5) is 4.79 Å². The molecule has 0 unspecified atom stereocenters. The summed E-state index contributed by atoms with van der Waals surface area (Å²) < 4.78 is 11.8. The molecule has 1 aliphatic heterocycles. The summed E-state index contributed by atoms with van der Waals surface area (Å²) in [6.45, 7) is 2.81. The number of para-hydroxylation sites is 1. The fraction of sp³-hybridized carbons (Fsp3) is 0.133. The first kappa shape index (κ1) is 23.7. The summed E-state index contributed by atoms with van der Waals surface area (Å²) in [5.74, 6) is 1.05. The Morgan fingerprint density at radius 3 is 2.50 bits per heavy atom. The Kier molecular flexibility index (Phi) is 7.05. The van der Waals surface area contributed by atoms with Gasteiger partial charge in [0, 0.05) is 5.56 Å². The van der Waals surface area contributed by atoms with Gasteiger partial charge in [0.15, 0.2) is 0 Å². The molecule has 5 rings (SSSR count). The van der Waals surface area contributed by atoms with Gasteiger partial charge in [-0.05, 0) is 70.9 Å². The molecule has 4 aromatic rings. The number of amides is 2. The van der Waals surface area contributed by atoms with Crippen LogP contribution in [0.1, 0.15) is 16.7 Å². The number of hydrogen-bond acceptors (Lipinski definition) is 5. The van der Waals surface area contributed by atoms with Gasteiger partial charge in [-0.2, -0.15) is 0 Å². The Morgan fingerprint density at radius 1 is 0.833 bits per heavy atom. The third-order valence-electron chi connectivity index (χ3n) is 5.86. The fourth-order valence-corrected chi connectivity index (χ4v) is 4.87. The number of thioether (sulfide) groups is 1. The number of ether oxygens (including phenoxy) is 2. The van der Waals surface area contributed by atoms with Crippen molar-refractivity contribution in [2.75, 3.05) is 13.2 Å². The molecule has 1 fully saturated rings. The topological polar surface area (TPSA) is 55.8 Å². The second-order valence-electron chi connectivity index (χ2n) is 8.51. The van der Waals surface area contributed by atoms with Gasteiger partial charge in [0.05, 0.1) is 11.4 Å². The van der Waals surface area contributed by atoms with Crippen LogP contribution in [0.3, 0.4) is 0 Å². The summed E-state index contributed by atoms with van der Waals surface area (Å²) in [5, 5.41) is 2.04. The smallest absolute Gasteiger partial charge is 0.293 e. The van der Waals surface area contributed by atoms with E-state index in [9.17, 15) is 9.59 Å². The second-order valence-corrected chi connectivity index (χ2v) is 9.50. The number of carbonyl (C=O) groups is 2. The van der Waals surface area contributed by atoms with Crippen LogP contribution in [0.25, 0.3) is 16.8 Å². The molecule has 0 aromatic heterocycles. The van der Waals surface area contributed by atoms with E-state index < -0.39 is 0 Å². The zero-order valence-corrected chi connectivity index (χ0v) is 20.7. The molecule has 2 amide bonds. The Labute approximate surface area is 214 Å². The number of nitrogens with zero attached hydrogens (tertiary/aromatic N) is 1. The fourth-order valence-electron chi connectivity index (χ4n) is 4.01. The Balaban J connectivity index is 1.25. The maximum Gasteiger partial charge on any atom is 0.293 e. The second kappa shape index (κ2) is 10.7. The highest BCUT2D eigenvalue weighted by Crippen LogP contribution is 2.34. The van der Waals surface area contributed by atoms with E-state index in [0.29, 0.717) is 17.3 Å². The van der Waals surface area contributed by atoms with Crippen LogP contribution in [-0.4, -0.2) is 29.2 Å². The molecule has 0 N–H and O–H groups in total. The van der Waals surface area contributed by atoms with Crippen LogP contribution in [0.2, 0.25) is 0 Å². The van der Waals surface area contributed by atoms with Gasteiger partial charge in [0.2, 0.25) is 0 Å². The highest BCUT2D eigenvalue weighted by atomic mass is 32.2. The summed E-state index contributed by atoms with van der Waals surface area (Å²) in [7, 11) is 0. The van der Waals surface area contributed by atoms with Crippen LogP contribution in [0.15, 0.2) is 95.9 Å². The number of benzene rings is 4. The molecule has 180 valence electrons. The standard InChI is InChI=1S/C30H25NO4S/c1-21-7-6-11-26(17-21)34-16-15-31-29(32)28(36-30(31)33)19-25-10-4-5-12-27(25)35-20-22-13-14-23-8-2-3-9-24(23)18-22/h2-14,17-19H,15-16,20H2,1H3/b28-19-. The molecular formula is C30H25NO4S. The SMILES string of the molecule is Cc1cccc(OCCN2C(=O)S/C(=C\c3ccccc3OCc3ccc4ccccc4c3)C2=O)c1. The van der Waals surface area contributed by atoms with Gasteiger partial charge in [-0.1, -0.05) is 66.7 Å². The van der Waals surface area contributed by atoms with E-state index in [-0.39, 0.29) is 24.3 Å². The van der Waals surface area contributed by atoms with E-state index >= 15 is 0 Å². The van der Waals surface area contributed by atoms with Crippen molar-refractivity contribution in [3.63, 3.8) is 0 Å². The Hall–Kier alpha value is -4.03. The summed E-state index contributed by atoms with van der Waals surface area (Å²) in [4.78, 5) is 27.1. The lowest BCUT2D eigenvalue weighted by molar-refractivity contribution is -0.123. The van der Waals surface area contributed by atoms with E-state index in [2.05, 4.69) is 30.3 Å². The third-order valence-corrected chi connectivity index (χ3v) is 6.77. The lowest BCUT2D eigenvalue weighted by Crippen LogP contribution is -2.32.